The third-order valence-electron chi connectivity index (χ3n) is 3.34. The van der Waals surface area contributed by atoms with E-state index in [9.17, 15) is 4.79 Å². The molecule has 1 amide bonds. The molecule has 0 saturated heterocycles. The van der Waals surface area contributed by atoms with Crippen LogP contribution in [0.3, 0.4) is 0 Å². The Morgan fingerprint density at radius 1 is 1.24 bits per heavy atom. The molecule has 0 aliphatic carbocycles. The number of nitrogens with zero attached hydrogens (tertiary/aromatic N) is 3. The Balaban J connectivity index is 1.61. The van der Waals surface area contributed by atoms with Crippen LogP contribution in [0.25, 0.3) is 5.69 Å². The van der Waals surface area contributed by atoms with Gasteiger partial charge in [-0.2, -0.15) is 0 Å². The van der Waals surface area contributed by atoms with E-state index in [0.29, 0.717) is 5.16 Å². The molecule has 5 nitrogen and oxygen atoms in total. The number of rotatable bonds is 5. The van der Waals surface area contributed by atoms with E-state index < -0.39 is 0 Å². The Morgan fingerprint density at radius 2 is 2.00 bits per heavy atom. The zero-order valence-corrected chi connectivity index (χ0v) is 17.2. The summed E-state index contributed by atoms with van der Waals surface area (Å²) in [5.41, 5.74) is 2.68. The van der Waals surface area contributed by atoms with Crippen molar-refractivity contribution in [2.75, 3.05) is 11.1 Å². The summed E-state index contributed by atoms with van der Waals surface area (Å²) in [6.45, 7) is 1.95. The van der Waals surface area contributed by atoms with E-state index in [0.717, 1.165) is 25.9 Å². The summed E-state index contributed by atoms with van der Waals surface area (Å²) in [5, 5.41) is 7.86. The molecule has 0 saturated carbocycles. The van der Waals surface area contributed by atoms with Gasteiger partial charge >= 0.3 is 0 Å². The van der Waals surface area contributed by atoms with Crippen LogP contribution in [0.15, 0.2) is 62.9 Å². The maximum absolute atomic E-state index is 12.2. The van der Waals surface area contributed by atoms with Gasteiger partial charge in [0.05, 0.1) is 17.1 Å². The Kier molecular flexibility index (Phi) is 5.93. The van der Waals surface area contributed by atoms with E-state index in [2.05, 4.69) is 47.3 Å². The topological polar surface area (TPSA) is 59.8 Å². The molecule has 0 aliphatic rings. The first-order valence-corrected chi connectivity index (χ1v) is 9.95. The van der Waals surface area contributed by atoms with Gasteiger partial charge in [0.2, 0.25) is 11.1 Å². The van der Waals surface area contributed by atoms with Crippen LogP contribution in [-0.4, -0.2) is 26.4 Å². The van der Waals surface area contributed by atoms with Gasteiger partial charge in [-0.05, 0) is 52.7 Å². The summed E-state index contributed by atoms with van der Waals surface area (Å²) in [4.78, 5) is 16.5. The first-order valence-electron chi connectivity index (χ1n) is 7.38. The van der Waals surface area contributed by atoms with Gasteiger partial charge in [0, 0.05) is 8.95 Å². The second kappa shape index (κ2) is 8.16. The van der Waals surface area contributed by atoms with Crippen LogP contribution in [-0.2, 0) is 4.79 Å². The summed E-state index contributed by atoms with van der Waals surface area (Å²) >= 11 is 8.20. The van der Waals surface area contributed by atoms with Gasteiger partial charge < -0.3 is 5.32 Å². The average molecular weight is 482 g/mol. The molecule has 0 unspecified atom stereocenters. The van der Waals surface area contributed by atoms with Crippen LogP contribution in [0, 0.1) is 6.92 Å². The molecule has 1 heterocycles. The largest absolute Gasteiger partial charge is 0.324 e. The van der Waals surface area contributed by atoms with Gasteiger partial charge in [0.25, 0.3) is 0 Å². The van der Waals surface area contributed by atoms with Gasteiger partial charge in [-0.15, -0.1) is 5.10 Å². The number of para-hydroxylation sites is 1. The molecular weight excluding hydrogens is 468 g/mol. The van der Waals surface area contributed by atoms with E-state index in [1.165, 1.54) is 11.8 Å². The summed E-state index contributed by atoms with van der Waals surface area (Å²) in [7, 11) is 0. The number of thioether (sulfide) groups is 1. The van der Waals surface area contributed by atoms with Crippen LogP contribution in [0.4, 0.5) is 5.69 Å². The lowest BCUT2D eigenvalue weighted by Gasteiger charge is -2.10. The molecule has 128 valence electrons. The first-order chi connectivity index (χ1) is 12.0. The summed E-state index contributed by atoms with van der Waals surface area (Å²) in [6, 6.07) is 13.6. The highest BCUT2D eigenvalue weighted by Crippen LogP contribution is 2.30. The van der Waals surface area contributed by atoms with Crippen molar-refractivity contribution in [2.45, 2.75) is 12.1 Å². The molecule has 25 heavy (non-hydrogen) atoms. The van der Waals surface area contributed by atoms with Crippen molar-refractivity contribution in [3.05, 3.63) is 63.3 Å². The molecule has 8 heteroatoms. The van der Waals surface area contributed by atoms with Crippen LogP contribution < -0.4 is 5.32 Å². The first kappa shape index (κ1) is 18.2. The van der Waals surface area contributed by atoms with Crippen molar-refractivity contribution in [1.29, 1.82) is 0 Å². The number of aromatic nitrogens is 3. The highest BCUT2D eigenvalue weighted by Gasteiger charge is 2.11. The molecule has 2 aromatic carbocycles. The zero-order valence-electron chi connectivity index (χ0n) is 13.2. The van der Waals surface area contributed by atoms with Gasteiger partial charge in [-0.3, -0.25) is 4.79 Å². The highest BCUT2D eigenvalue weighted by molar-refractivity contribution is 9.11. The van der Waals surface area contributed by atoms with Crippen LogP contribution >= 0.6 is 43.6 Å². The fourth-order valence-electron chi connectivity index (χ4n) is 2.19. The summed E-state index contributed by atoms with van der Waals surface area (Å²) in [5.74, 6) is 0.132. The van der Waals surface area contributed by atoms with E-state index in [4.69, 9.17) is 0 Å². The lowest BCUT2D eigenvalue weighted by atomic mass is 10.2. The molecule has 0 fully saturated rings. The molecule has 0 spiro atoms. The highest BCUT2D eigenvalue weighted by atomic mass is 79.9. The predicted octanol–water partition coefficient (Wildman–Crippen LogP) is 4.83. The lowest BCUT2D eigenvalue weighted by molar-refractivity contribution is -0.113. The van der Waals surface area contributed by atoms with Gasteiger partial charge in [-0.25, -0.2) is 9.67 Å². The van der Waals surface area contributed by atoms with E-state index in [-0.39, 0.29) is 11.7 Å². The minimum atomic E-state index is -0.104. The number of nitrogens with one attached hydrogen (secondary N) is 1. The second-order valence-electron chi connectivity index (χ2n) is 5.22. The van der Waals surface area contributed by atoms with Gasteiger partial charge in [-0.1, -0.05) is 45.9 Å². The maximum Gasteiger partial charge on any atom is 0.234 e. The van der Waals surface area contributed by atoms with E-state index >= 15 is 0 Å². The molecule has 0 aliphatic heterocycles. The van der Waals surface area contributed by atoms with Crippen molar-refractivity contribution in [3.63, 3.8) is 0 Å². The van der Waals surface area contributed by atoms with Crippen molar-refractivity contribution in [1.82, 2.24) is 14.8 Å². The molecule has 0 bridgehead atoms. The smallest absolute Gasteiger partial charge is 0.234 e. The number of amides is 1. The number of halogens is 2. The van der Waals surface area contributed by atoms with Crippen LogP contribution in [0.1, 0.15) is 5.56 Å². The number of aryl methyl sites for hydroxylation is 1. The monoisotopic (exact) mass is 480 g/mol. The van der Waals surface area contributed by atoms with Gasteiger partial charge in [0.15, 0.2) is 0 Å². The molecule has 1 aromatic heterocycles. The summed E-state index contributed by atoms with van der Waals surface area (Å²) < 4.78 is 3.49. The van der Waals surface area contributed by atoms with Crippen molar-refractivity contribution >= 4 is 55.2 Å². The Labute approximate surface area is 166 Å². The van der Waals surface area contributed by atoms with E-state index in [1.54, 1.807) is 11.0 Å². The number of hydrogen-bond acceptors (Lipinski definition) is 4. The van der Waals surface area contributed by atoms with Crippen molar-refractivity contribution in [3.8, 4) is 5.69 Å². The quantitative estimate of drug-likeness (QED) is 0.530. The molecule has 3 aromatic rings. The third-order valence-corrected chi connectivity index (χ3v) is 5.28. The minimum Gasteiger partial charge on any atom is -0.324 e. The predicted molar refractivity (Wildman–Crippen MR) is 107 cm³/mol. The molecular formula is C17H14Br2N4OS. The fraction of sp³-hybridized carbons (Fsp3) is 0.118. The molecule has 0 atom stereocenters. The number of hydrogen-bond donors (Lipinski definition) is 1. The SMILES string of the molecule is Cc1cc(Br)cc(Br)c1NC(=O)CSc1ncn(-c2ccccc2)n1. The van der Waals surface area contributed by atoms with Crippen molar-refractivity contribution in [2.24, 2.45) is 0 Å². The Morgan fingerprint density at radius 3 is 2.72 bits per heavy atom. The van der Waals surface area contributed by atoms with E-state index in [1.807, 2.05) is 49.4 Å². The minimum absolute atomic E-state index is 0.104. The zero-order chi connectivity index (χ0) is 17.8. The number of carbonyl (C=O) groups is 1. The standard InChI is InChI=1S/C17H14Br2N4OS/c1-11-7-12(18)8-14(19)16(11)21-15(24)9-25-17-20-10-23(22-17)13-5-3-2-4-6-13/h2-8,10H,9H2,1H3,(H,21,24). The number of carbonyl (C=O) groups excluding carboxylic acids is 1. The number of benzene rings is 2. The van der Waals surface area contributed by atoms with Crippen LogP contribution in [0.5, 0.6) is 0 Å². The summed E-state index contributed by atoms with van der Waals surface area (Å²) in [6.07, 6.45) is 1.64. The maximum atomic E-state index is 12.2. The van der Waals surface area contributed by atoms with Crippen molar-refractivity contribution < 1.29 is 4.79 Å². The van der Waals surface area contributed by atoms with Crippen LogP contribution in [0.2, 0.25) is 0 Å². The second-order valence-corrected chi connectivity index (χ2v) is 7.94. The fourth-order valence-corrected chi connectivity index (χ4v) is 4.32. The molecule has 0 radical (unpaired) electrons. The number of anilines is 1. The normalized spacial score (nSPS) is 10.7. The Bertz CT molecular complexity index is 876. The lowest BCUT2D eigenvalue weighted by Crippen LogP contribution is -2.15. The molecule has 1 N–H and O–H groups in total. The molecule has 3 rings (SSSR count). The Hall–Kier alpha value is -1.64. The third kappa shape index (κ3) is 4.71. The van der Waals surface area contributed by atoms with Gasteiger partial charge in [0.1, 0.15) is 6.33 Å². The average Bonchev–Trinajstić information content (AvgIpc) is 3.06.